The topological polar surface area (TPSA) is 75.3 Å². The Morgan fingerprint density at radius 3 is 2.76 bits per heavy atom. The van der Waals surface area contributed by atoms with Crippen molar-refractivity contribution in [3.05, 3.63) is 23.8 Å². The first kappa shape index (κ1) is 11.3. The van der Waals surface area contributed by atoms with E-state index in [0.29, 0.717) is 18.5 Å². The molecule has 0 atom stereocenters. The molecule has 2 amide bonds. The molecular formula is C12H12N2O3. The number of carbonyl (C=O) groups is 3. The van der Waals surface area contributed by atoms with Crippen LogP contribution in [0.3, 0.4) is 0 Å². The number of fused-ring (bicyclic) bond motifs is 1. The molecule has 2 rings (SSSR count). The molecule has 0 saturated heterocycles. The molecule has 0 radical (unpaired) electrons. The van der Waals surface area contributed by atoms with E-state index in [0.717, 1.165) is 11.3 Å². The Labute approximate surface area is 98.2 Å². The lowest BCUT2D eigenvalue weighted by Crippen LogP contribution is -2.21. The second-order valence-electron chi connectivity index (χ2n) is 3.93. The molecule has 0 bridgehead atoms. The maximum absolute atomic E-state index is 11.2. The molecule has 0 saturated carbocycles. The Hall–Kier alpha value is -2.17. The predicted molar refractivity (Wildman–Crippen MR) is 62.7 cm³/mol. The highest BCUT2D eigenvalue weighted by atomic mass is 16.2. The number of carbonyl (C=O) groups excluding carboxylic acids is 3. The van der Waals surface area contributed by atoms with Crippen molar-refractivity contribution in [2.24, 2.45) is 0 Å². The number of Topliss-reactive ketones (excluding diaryl/α,β-unsaturated/α-hetero) is 1. The zero-order chi connectivity index (χ0) is 12.4. The molecule has 0 aliphatic carbocycles. The van der Waals surface area contributed by atoms with Crippen LogP contribution in [0.5, 0.6) is 0 Å². The monoisotopic (exact) mass is 232 g/mol. The number of rotatable bonds is 2. The first-order valence-electron chi connectivity index (χ1n) is 5.31. The Kier molecular flexibility index (Phi) is 2.91. The summed E-state index contributed by atoms with van der Waals surface area (Å²) in [7, 11) is 0. The van der Waals surface area contributed by atoms with Crippen molar-refractivity contribution < 1.29 is 14.4 Å². The minimum absolute atomic E-state index is 0.00183. The maximum Gasteiger partial charge on any atom is 0.291 e. The van der Waals surface area contributed by atoms with E-state index in [2.05, 4.69) is 10.6 Å². The van der Waals surface area contributed by atoms with Crippen molar-refractivity contribution in [2.45, 2.75) is 19.8 Å². The van der Waals surface area contributed by atoms with Crippen LogP contribution in [0.2, 0.25) is 0 Å². The summed E-state index contributed by atoms with van der Waals surface area (Å²) in [5.74, 6) is -1.17. The summed E-state index contributed by atoms with van der Waals surface area (Å²) >= 11 is 0. The third-order valence-electron chi connectivity index (χ3n) is 2.58. The SMILES string of the molecule is CC(=O)C(=O)Nc1ccc2c(c1)CCC(=O)N2. The molecule has 1 aliphatic rings. The molecule has 17 heavy (non-hydrogen) atoms. The largest absolute Gasteiger partial charge is 0.326 e. The minimum atomic E-state index is -0.634. The number of amides is 2. The molecule has 1 aromatic carbocycles. The van der Waals surface area contributed by atoms with Gasteiger partial charge in [0.15, 0.2) is 0 Å². The lowest BCUT2D eigenvalue weighted by atomic mass is 10.0. The van der Waals surface area contributed by atoms with E-state index in [1.165, 1.54) is 6.92 Å². The molecule has 1 aromatic rings. The summed E-state index contributed by atoms with van der Waals surface area (Å²) in [4.78, 5) is 33.2. The van der Waals surface area contributed by atoms with Crippen molar-refractivity contribution in [2.75, 3.05) is 10.6 Å². The number of benzene rings is 1. The van der Waals surface area contributed by atoms with Crippen LogP contribution in [0.15, 0.2) is 18.2 Å². The van der Waals surface area contributed by atoms with E-state index in [-0.39, 0.29) is 5.91 Å². The van der Waals surface area contributed by atoms with Crippen molar-refractivity contribution in [3.63, 3.8) is 0 Å². The van der Waals surface area contributed by atoms with Crippen molar-refractivity contribution >= 4 is 29.0 Å². The third-order valence-corrected chi connectivity index (χ3v) is 2.58. The zero-order valence-electron chi connectivity index (χ0n) is 9.37. The maximum atomic E-state index is 11.2. The van der Waals surface area contributed by atoms with Crippen LogP contribution in [-0.2, 0) is 20.8 Å². The second kappa shape index (κ2) is 4.37. The smallest absolute Gasteiger partial charge is 0.291 e. The Morgan fingerprint density at radius 1 is 1.29 bits per heavy atom. The first-order valence-corrected chi connectivity index (χ1v) is 5.31. The number of hydrogen-bond donors (Lipinski definition) is 2. The molecule has 5 nitrogen and oxygen atoms in total. The Morgan fingerprint density at radius 2 is 2.06 bits per heavy atom. The Bertz CT molecular complexity index is 508. The van der Waals surface area contributed by atoms with Gasteiger partial charge in [-0.05, 0) is 30.2 Å². The summed E-state index contributed by atoms with van der Waals surface area (Å²) in [6, 6.07) is 5.16. The average molecular weight is 232 g/mol. The number of aryl methyl sites for hydroxylation is 1. The van der Waals surface area contributed by atoms with Crippen molar-refractivity contribution in [3.8, 4) is 0 Å². The summed E-state index contributed by atoms with van der Waals surface area (Å²) < 4.78 is 0. The molecular weight excluding hydrogens is 220 g/mol. The quantitative estimate of drug-likeness (QED) is 0.750. The lowest BCUT2D eigenvalue weighted by Gasteiger charge is -2.17. The van der Waals surface area contributed by atoms with Crippen LogP contribution in [0.4, 0.5) is 11.4 Å². The highest BCUT2D eigenvalue weighted by Crippen LogP contribution is 2.25. The van der Waals surface area contributed by atoms with E-state index in [1.807, 2.05) is 0 Å². The molecule has 88 valence electrons. The van der Waals surface area contributed by atoms with E-state index in [1.54, 1.807) is 18.2 Å². The van der Waals surface area contributed by atoms with Crippen LogP contribution in [0.25, 0.3) is 0 Å². The van der Waals surface area contributed by atoms with Gasteiger partial charge in [0.2, 0.25) is 11.7 Å². The number of nitrogens with one attached hydrogen (secondary N) is 2. The molecule has 1 heterocycles. The van der Waals surface area contributed by atoms with Gasteiger partial charge in [0, 0.05) is 24.7 Å². The van der Waals surface area contributed by atoms with Gasteiger partial charge in [-0.1, -0.05) is 0 Å². The van der Waals surface area contributed by atoms with E-state index < -0.39 is 11.7 Å². The summed E-state index contributed by atoms with van der Waals surface area (Å²) in [5.41, 5.74) is 2.30. The van der Waals surface area contributed by atoms with Gasteiger partial charge < -0.3 is 10.6 Å². The second-order valence-corrected chi connectivity index (χ2v) is 3.93. The molecule has 1 aliphatic heterocycles. The molecule has 0 spiro atoms. The third kappa shape index (κ3) is 2.50. The van der Waals surface area contributed by atoms with Gasteiger partial charge in [0.1, 0.15) is 0 Å². The van der Waals surface area contributed by atoms with Crippen LogP contribution >= 0.6 is 0 Å². The lowest BCUT2D eigenvalue weighted by molar-refractivity contribution is -0.133. The summed E-state index contributed by atoms with van der Waals surface area (Å²) in [5, 5.41) is 5.25. The zero-order valence-corrected chi connectivity index (χ0v) is 9.37. The van der Waals surface area contributed by atoms with Gasteiger partial charge in [-0.15, -0.1) is 0 Å². The highest BCUT2D eigenvalue weighted by molar-refractivity contribution is 6.39. The fraction of sp³-hybridized carbons (Fsp3) is 0.250. The van der Waals surface area contributed by atoms with Gasteiger partial charge >= 0.3 is 0 Å². The van der Waals surface area contributed by atoms with Crippen LogP contribution < -0.4 is 10.6 Å². The van der Waals surface area contributed by atoms with Crippen LogP contribution in [-0.4, -0.2) is 17.6 Å². The molecule has 5 heteroatoms. The van der Waals surface area contributed by atoms with Crippen LogP contribution in [0.1, 0.15) is 18.9 Å². The van der Waals surface area contributed by atoms with Gasteiger partial charge in [-0.2, -0.15) is 0 Å². The highest BCUT2D eigenvalue weighted by Gasteiger charge is 2.15. The van der Waals surface area contributed by atoms with E-state index >= 15 is 0 Å². The normalized spacial score (nSPS) is 13.6. The van der Waals surface area contributed by atoms with Crippen molar-refractivity contribution in [1.82, 2.24) is 0 Å². The van der Waals surface area contributed by atoms with Gasteiger partial charge in [-0.25, -0.2) is 0 Å². The summed E-state index contributed by atoms with van der Waals surface area (Å²) in [6.45, 7) is 1.22. The van der Waals surface area contributed by atoms with Gasteiger partial charge in [-0.3, -0.25) is 14.4 Å². The fourth-order valence-electron chi connectivity index (χ4n) is 1.68. The van der Waals surface area contributed by atoms with Crippen molar-refractivity contribution in [1.29, 1.82) is 0 Å². The van der Waals surface area contributed by atoms with Gasteiger partial charge in [0.05, 0.1) is 0 Å². The molecule has 0 fully saturated rings. The fourth-order valence-corrected chi connectivity index (χ4v) is 1.68. The van der Waals surface area contributed by atoms with E-state index in [9.17, 15) is 14.4 Å². The average Bonchev–Trinajstić information content (AvgIpc) is 2.29. The minimum Gasteiger partial charge on any atom is -0.326 e. The number of ketones is 1. The van der Waals surface area contributed by atoms with E-state index in [4.69, 9.17) is 0 Å². The standard InChI is InChI=1S/C12H12N2O3/c1-7(15)12(17)13-9-3-4-10-8(6-9)2-5-11(16)14-10/h3-4,6H,2,5H2,1H3,(H,13,17)(H,14,16). The number of anilines is 2. The predicted octanol–water partition coefficient (Wildman–Crippen LogP) is 1.10. The Balaban J connectivity index is 2.19. The van der Waals surface area contributed by atoms with Crippen LogP contribution in [0, 0.1) is 0 Å². The van der Waals surface area contributed by atoms with Gasteiger partial charge in [0.25, 0.3) is 5.91 Å². The molecule has 0 unspecified atom stereocenters. The first-order chi connectivity index (χ1) is 8.06. The number of hydrogen-bond acceptors (Lipinski definition) is 3. The molecule has 0 aromatic heterocycles. The summed E-state index contributed by atoms with van der Waals surface area (Å²) in [6.07, 6.45) is 1.09. The molecule has 2 N–H and O–H groups in total.